The van der Waals surface area contributed by atoms with Crippen LogP contribution in [0.25, 0.3) is 0 Å². The molecule has 0 saturated heterocycles. The number of hydrogen-bond donors (Lipinski definition) is 0. The first-order valence-corrected chi connectivity index (χ1v) is 5.42. The van der Waals surface area contributed by atoms with Gasteiger partial charge in [-0.1, -0.05) is 37.3 Å². The Hall–Kier alpha value is -1.33. The van der Waals surface area contributed by atoms with Crippen LogP contribution in [0.5, 0.6) is 0 Å². The highest BCUT2D eigenvalue weighted by molar-refractivity contribution is 5.14. The van der Waals surface area contributed by atoms with Crippen LogP contribution in [0.2, 0.25) is 0 Å². The molecule has 2 nitrogen and oxygen atoms in total. The molecule has 1 unspecified atom stereocenters. The molecule has 0 amide bonds. The molecule has 1 aromatic rings. The second kappa shape index (κ2) is 6.21. The molecule has 0 aliphatic heterocycles. The van der Waals surface area contributed by atoms with Crippen molar-refractivity contribution in [1.82, 2.24) is 4.90 Å². The summed E-state index contributed by atoms with van der Waals surface area (Å²) in [5.41, 5.74) is 1.31. The highest BCUT2D eigenvalue weighted by Gasteiger charge is 2.11. The van der Waals surface area contributed by atoms with Crippen molar-refractivity contribution in [3.8, 4) is 6.07 Å². The van der Waals surface area contributed by atoms with Crippen molar-refractivity contribution < 1.29 is 0 Å². The van der Waals surface area contributed by atoms with E-state index in [4.69, 9.17) is 5.26 Å². The average molecular weight is 202 g/mol. The van der Waals surface area contributed by atoms with Gasteiger partial charge >= 0.3 is 0 Å². The van der Waals surface area contributed by atoms with Gasteiger partial charge in [0.2, 0.25) is 0 Å². The van der Waals surface area contributed by atoms with E-state index in [9.17, 15) is 0 Å². The molecule has 0 N–H and O–H groups in total. The van der Waals surface area contributed by atoms with E-state index in [-0.39, 0.29) is 0 Å². The van der Waals surface area contributed by atoms with Crippen LogP contribution in [-0.4, -0.2) is 17.5 Å². The molecule has 0 spiro atoms. The fourth-order valence-electron chi connectivity index (χ4n) is 1.66. The van der Waals surface area contributed by atoms with Crippen LogP contribution in [0.4, 0.5) is 0 Å². The maximum absolute atomic E-state index is 8.67. The number of rotatable bonds is 5. The molecule has 0 fully saturated rings. The normalized spacial score (nSPS) is 12.4. The molecule has 0 bridgehead atoms. The summed E-state index contributed by atoms with van der Waals surface area (Å²) in [6.07, 6.45) is 0.598. The largest absolute Gasteiger partial charge is 0.296 e. The Labute approximate surface area is 92.1 Å². The third-order valence-electron chi connectivity index (χ3n) is 2.64. The molecule has 1 atom stereocenters. The van der Waals surface area contributed by atoms with E-state index in [2.05, 4.69) is 49.1 Å². The molecule has 0 saturated carbocycles. The van der Waals surface area contributed by atoms with Crippen LogP contribution in [0.1, 0.15) is 25.8 Å². The van der Waals surface area contributed by atoms with Gasteiger partial charge in [-0.15, -0.1) is 0 Å². The number of nitriles is 1. The molecule has 0 aliphatic carbocycles. The number of nitrogens with zero attached hydrogens (tertiary/aromatic N) is 2. The average Bonchev–Trinajstić information content (AvgIpc) is 2.27. The fourth-order valence-corrected chi connectivity index (χ4v) is 1.66. The predicted molar refractivity (Wildman–Crippen MR) is 62.2 cm³/mol. The summed E-state index contributed by atoms with van der Waals surface area (Å²) in [4.78, 5) is 2.32. The third kappa shape index (κ3) is 3.73. The minimum Gasteiger partial charge on any atom is -0.296 e. The zero-order valence-electron chi connectivity index (χ0n) is 9.48. The molecule has 15 heavy (non-hydrogen) atoms. The minimum absolute atomic E-state index is 0.334. The van der Waals surface area contributed by atoms with Crippen molar-refractivity contribution in [3.63, 3.8) is 0 Å². The molecule has 0 radical (unpaired) electrons. The molecule has 1 rings (SSSR count). The Morgan fingerprint density at radius 3 is 2.53 bits per heavy atom. The van der Waals surface area contributed by atoms with Gasteiger partial charge in [0, 0.05) is 12.6 Å². The van der Waals surface area contributed by atoms with E-state index in [0.29, 0.717) is 12.5 Å². The summed E-state index contributed by atoms with van der Waals surface area (Å²) in [6.45, 7) is 6.16. The minimum atomic E-state index is 0.334. The van der Waals surface area contributed by atoms with Crippen molar-refractivity contribution in [2.45, 2.75) is 32.9 Å². The zero-order valence-corrected chi connectivity index (χ0v) is 9.48. The van der Waals surface area contributed by atoms with Gasteiger partial charge in [0.15, 0.2) is 0 Å². The van der Waals surface area contributed by atoms with E-state index in [1.165, 1.54) is 5.56 Å². The summed E-state index contributed by atoms with van der Waals surface area (Å²) in [5, 5.41) is 8.67. The van der Waals surface area contributed by atoms with Crippen LogP contribution >= 0.6 is 0 Å². The lowest BCUT2D eigenvalue weighted by molar-refractivity contribution is 0.213. The lowest BCUT2D eigenvalue weighted by atomic mass is 10.1. The van der Waals surface area contributed by atoms with Crippen LogP contribution in [0.3, 0.4) is 0 Å². The molecule has 0 aromatic heterocycles. The van der Waals surface area contributed by atoms with E-state index >= 15 is 0 Å². The lowest BCUT2D eigenvalue weighted by Crippen LogP contribution is -2.32. The van der Waals surface area contributed by atoms with E-state index < -0.39 is 0 Å². The highest BCUT2D eigenvalue weighted by atomic mass is 15.1. The van der Waals surface area contributed by atoms with Gasteiger partial charge in [-0.2, -0.15) is 5.26 Å². The molecule has 1 aromatic carbocycles. The summed E-state index contributed by atoms with van der Waals surface area (Å²) in [6, 6.07) is 12.9. The summed E-state index contributed by atoms with van der Waals surface area (Å²) >= 11 is 0. The van der Waals surface area contributed by atoms with Crippen molar-refractivity contribution >= 4 is 0 Å². The molecule has 80 valence electrons. The molecular weight excluding hydrogens is 184 g/mol. The fraction of sp³-hybridized carbons (Fsp3) is 0.462. The van der Waals surface area contributed by atoms with Gasteiger partial charge in [0.1, 0.15) is 0 Å². The van der Waals surface area contributed by atoms with Crippen molar-refractivity contribution in [1.29, 1.82) is 5.26 Å². The lowest BCUT2D eigenvalue weighted by Gasteiger charge is -2.26. The quantitative estimate of drug-likeness (QED) is 0.734. The van der Waals surface area contributed by atoms with Crippen LogP contribution in [0, 0.1) is 11.3 Å². The highest BCUT2D eigenvalue weighted by Crippen LogP contribution is 2.09. The van der Waals surface area contributed by atoms with Crippen molar-refractivity contribution in [3.05, 3.63) is 35.9 Å². The van der Waals surface area contributed by atoms with Crippen molar-refractivity contribution in [2.24, 2.45) is 0 Å². The standard InChI is InChI=1S/C13H18N2/c1-3-15(12(2)9-10-14)11-13-7-5-4-6-8-13/h4-8,12H,3,9,11H2,1-2H3. The predicted octanol–water partition coefficient (Wildman–Crippen LogP) is 2.81. The van der Waals surface area contributed by atoms with Crippen LogP contribution in [-0.2, 0) is 6.54 Å². The van der Waals surface area contributed by atoms with Gasteiger partial charge in [-0.3, -0.25) is 4.90 Å². The molecular formula is C13H18N2. The van der Waals surface area contributed by atoms with E-state index in [1.807, 2.05) is 6.07 Å². The van der Waals surface area contributed by atoms with Gasteiger partial charge < -0.3 is 0 Å². The van der Waals surface area contributed by atoms with Gasteiger partial charge in [-0.25, -0.2) is 0 Å². The topological polar surface area (TPSA) is 27.0 Å². The smallest absolute Gasteiger partial charge is 0.0638 e. The molecule has 2 heteroatoms. The summed E-state index contributed by atoms with van der Waals surface area (Å²) in [5.74, 6) is 0. The molecule has 0 aliphatic rings. The second-order valence-electron chi connectivity index (χ2n) is 3.76. The van der Waals surface area contributed by atoms with Gasteiger partial charge in [0.05, 0.1) is 12.5 Å². The first kappa shape index (κ1) is 11.7. The first-order chi connectivity index (χ1) is 7.27. The number of benzene rings is 1. The Bertz CT molecular complexity index is 313. The van der Waals surface area contributed by atoms with E-state index in [0.717, 1.165) is 13.1 Å². The Balaban J connectivity index is 2.58. The second-order valence-corrected chi connectivity index (χ2v) is 3.76. The van der Waals surface area contributed by atoms with Crippen LogP contribution in [0.15, 0.2) is 30.3 Å². The molecule has 0 heterocycles. The first-order valence-electron chi connectivity index (χ1n) is 5.42. The monoisotopic (exact) mass is 202 g/mol. The Kier molecular flexibility index (Phi) is 4.86. The third-order valence-corrected chi connectivity index (χ3v) is 2.64. The van der Waals surface area contributed by atoms with Gasteiger partial charge in [0.25, 0.3) is 0 Å². The maximum atomic E-state index is 8.67. The Morgan fingerprint density at radius 2 is 2.00 bits per heavy atom. The summed E-state index contributed by atoms with van der Waals surface area (Å²) < 4.78 is 0. The zero-order chi connectivity index (χ0) is 11.1. The van der Waals surface area contributed by atoms with Crippen molar-refractivity contribution in [2.75, 3.05) is 6.54 Å². The maximum Gasteiger partial charge on any atom is 0.0638 e. The van der Waals surface area contributed by atoms with Crippen LogP contribution < -0.4 is 0 Å². The summed E-state index contributed by atoms with van der Waals surface area (Å²) in [7, 11) is 0. The SMILES string of the molecule is CCN(Cc1ccccc1)C(C)CC#N. The number of hydrogen-bond acceptors (Lipinski definition) is 2. The van der Waals surface area contributed by atoms with E-state index in [1.54, 1.807) is 0 Å². The van der Waals surface area contributed by atoms with Gasteiger partial charge in [-0.05, 0) is 19.0 Å². The Morgan fingerprint density at radius 1 is 1.33 bits per heavy atom.